The summed E-state index contributed by atoms with van der Waals surface area (Å²) < 4.78 is 5.79. The molecule has 2 heterocycles. The first-order valence-corrected chi connectivity index (χ1v) is 7.64. The molecule has 0 aliphatic carbocycles. The van der Waals surface area contributed by atoms with Gasteiger partial charge in [0, 0.05) is 6.20 Å². The summed E-state index contributed by atoms with van der Waals surface area (Å²) in [5.74, 6) is 0.630. The Morgan fingerprint density at radius 3 is 2.43 bits per heavy atom. The number of hydrogen-bond donors (Lipinski definition) is 0. The molecule has 2 aromatic rings. The van der Waals surface area contributed by atoms with Crippen LogP contribution in [0.15, 0.2) is 60.5 Å². The zero-order chi connectivity index (χ0) is 16.4. The van der Waals surface area contributed by atoms with E-state index in [1.54, 1.807) is 11.1 Å². The normalized spacial score (nSPS) is 15.6. The van der Waals surface area contributed by atoms with Crippen LogP contribution in [0.4, 0.5) is 0 Å². The lowest BCUT2D eigenvalue weighted by Crippen LogP contribution is -2.49. The molecule has 1 aromatic carbocycles. The maximum atomic E-state index is 13.1. The van der Waals surface area contributed by atoms with Crippen molar-refractivity contribution < 1.29 is 9.53 Å². The van der Waals surface area contributed by atoms with Crippen molar-refractivity contribution in [2.45, 2.75) is 26.3 Å². The van der Waals surface area contributed by atoms with Gasteiger partial charge in [0.05, 0.1) is 16.8 Å². The van der Waals surface area contributed by atoms with Gasteiger partial charge in [0.25, 0.3) is 5.91 Å². The number of rotatable bonds is 3. The lowest BCUT2D eigenvalue weighted by Gasteiger charge is -2.41. The second-order valence-electron chi connectivity index (χ2n) is 6.08. The Bertz CT molecular complexity index is 736. The molecule has 1 amide bonds. The first kappa shape index (κ1) is 15.3. The molecule has 1 aliphatic rings. The van der Waals surface area contributed by atoms with Crippen molar-refractivity contribution >= 4 is 11.5 Å². The second kappa shape index (κ2) is 5.88. The lowest BCUT2D eigenvalue weighted by atomic mass is 9.94. The average Bonchev–Trinajstić information content (AvgIpc) is 2.56. The van der Waals surface area contributed by atoms with E-state index in [1.165, 1.54) is 0 Å². The van der Waals surface area contributed by atoms with Crippen LogP contribution in [0, 0.1) is 0 Å². The van der Waals surface area contributed by atoms with E-state index in [0.717, 1.165) is 11.3 Å². The number of carbonyl (C=O) groups excluding carboxylic acids is 1. The van der Waals surface area contributed by atoms with Crippen molar-refractivity contribution in [2.75, 3.05) is 6.73 Å². The zero-order valence-corrected chi connectivity index (χ0v) is 13.6. The topological polar surface area (TPSA) is 42.4 Å². The maximum absolute atomic E-state index is 13.1. The molecular weight excluding hydrogens is 288 g/mol. The van der Waals surface area contributed by atoms with Crippen molar-refractivity contribution in [3.8, 4) is 0 Å². The Hall–Kier alpha value is -2.62. The highest BCUT2D eigenvalue weighted by molar-refractivity contribution is 6.20. The van der Waals surface area contributed by atoms with Crippen molar-refractivity contribution in [1.82, 2.24) is 9.88 Å². The summed E-state index contributed by atoms with van der Waals surface area (Å²) in [5.41, 5.74) is 1.76. The number of aromatic nitrogens is 1. The molecule has 23 heavy (non-hydrogen) atoms. The second-order valence-corrected chi connectivity index (χ2v) is 6.08. The molecule has 1 aliphatic heterocycles. The highest BCUT2D eigenvalue weighted by atomic mass is 16.5. The molecule has 0 atom stereocenters. The van der Waals surface area contributed by atoms with Gasteiger partial charge in [-0.25, -0.2) is 0 Å². The predicted octanol–water partition coefficient (Wildman–Crippen LogP) is 3.56. The van der Waals surface area contributed by atoms with Gasteiger partial charge in [0.1, 0.15) is 5.76 Å². The molecule has 0 radical (unpaired) electrons. The number of carbonyl (C=O) groups is 1. The summed E-state index contributed by atoms with van der Waals surface area (Å²) in [4.78, 5) is 19.3. The molecule has 118 valence electrons. The largest absolute Gasteiger partial charge is 0.477 e. The van der Waals surface area contributed by atoms with Crippen molar-refractivity contribution in [1.29, 1.82) is 0 Å². The molecule has 4 nitrogen and oxygen atoms in total. The van der Waals surface area contributed by atoms with Gasteiger partial charge in [-0.15, -0.1) is 0 Å². The standard InChI is InChI=1S/C19H20N2O2/c1-14-17(15-9-5-4-6-10-15)18(22)21(13-23-14)19(2,3)16-11-7-8-12-20-16/h4-12H,13H2,1-3H3. The van der Waals surface area contributed by atoms with Gasteiger partial charge in [0.2, 0.25) is 0 Å². The fourth-order valence-corrected chi connectivity index (χ4v) is 2.79. The average molecular weight is 308 g/mol. The van der Waals surface area contributed by atoms with Gasteiger partial charge in [-0.05, 0) is 38.5 Å². The minimum Gasteiger partial charge on any atom is -0.477 e. The van der Waals surface area contributed by atoms with E-state index in [-0.39, 0.29) is 12.6 Å². The summed E-state index contributed by atoms with van der Waals surface area (Å²) in [5, 5.41) is 0. The molecular formula is C19H20N2O2. The van der Waals surface area contributed by atoms with Crippen LogP contribution >= 0.6 is 0 Å². The Morgan fingerprint density at radius 2 is 1.78 bits per heavy atom. The van der Waals surface area contributed by atoms with E-state index in [0.29, 0.717) is 11.3 Å². The number of benzene rings is 1. The quantitative estimate of drug-likeness (QED) is 0.870. The number of hydrogen-bond acceptors (Lipinski definition) is 3. The molecule has 0 saturated heterocycles. The Morgan fingerprint density at radius 1 is 1.09 bits per heavy atom. The third-order valence-electron chi connectivity index (χ3n) is 4.25. The Labute approximate surface area is 136 Å². The minimum atomic E-state index is -0.556. The fourth-order valence-electron chi connectivity index (χ4n) is 2.79. The summed E-state index contributed by atoms with van der Waals surface area (Å²) in [6.45, 7) is 6.04. The molecule has 4 heteroatoms. The van der Waals surface area contributed by atoms with Gasteiger partial charge >= 0.3 is 0 Å². The van der Waals surface area contributed by atoms with Crippen LogP contribution < -0.4 is 0 Å². The van der Waals surface area contributed by atoms with Gasteiger partial charge in [0.15, 0.2) is 6.73 Å². The molecule has 0 saturated carbocycles. The van der Waals surface area contributed by atoms with E-state index in [2.05, 4.69) is 4.98 Å². The first-order valence-electron chi connectivity index (χ1n) is 7.64. The monoisotopic (exact) mass is 308 g/mol. The van der Waals surface area contributed by atoms with Crippen LogP contribution in [0.5, 0.6) is 0 Å². The van der Waals surface area contributed by atoms with Gasteiger partial charge in [-0.1, -0.05) is 36.4 Å². The highest BCUT2D eigenvalue weighted by Crippen LogP contribution is 2.34. The minimum absolute atomic E-state index is 0.0318. The van der Waals surface area contributed by atoms with Crippen LogP contribution in [0.25, 0.3) is 5.57 Å². The summed E-state index contributed by atoms with van der Waals surface area (Å²) in [6.07, 6.45) is 1.74. The van der Waals surface area contributed by atoms with Crippen molar-refractivity contribution in [3.05, 3.63) is 71.7 Å². The van der Waals surface area contributed by atoms with Crippen LogP contribution in [-0.2, 0) is 15.1 Å². The predicted molar refractivity (Wildman–Crippen MR) is 89.1 cm³/mol. The van der Waals surface area contributed by atoms with Crippen LogP contribution in [0.2, 0.25) is 0 Å². The van der Waals surface area contributed by atoms with Gasteiger partial charge in [-0.2, -0.15) is 0 Å². The van der Waals surface area contributed by atoms with E-state index in [9.17, 15) is 4.79 Å². The van der Waals surface area contributed by atoms with E-state index in [1.807, 2.05) is 69.3 Å². The third-order valence-corrected chi connectivity index (χ3v) is 4.25. The maximum Gasteiger partial charge on any atom is 0.261 e. The zero-order valence-electron chi connectivity index (χ0n) is 13.6. The van der Waals surface area contributed by atoms with E-state index >= 15 is 0 Å². The number of allylic oxidation sites excluding steroid dienone is 1. The first-order chi connectivity index (χ1) is 11.0. The number of pyridine rings is 1. The van der Waals surface area contributed by atoms with E-state index in [4.69, 9.17) is 4.74 Å². The molecule has 0 N–H and O–H groups in total. The molecule has 3 rings (SSSR count). The molecule has 1 aromatic heterocycles. The molecule has 0 fully saturated rings. The lowest BCUT2D eigenvalue weighted by molar-refractivity contribution is -0.139. The van der Waals surface area contributed by atoms with Crippen molar-refractivity contribution in [2.24, 2.45) is 0 Å². The van der Waals surface area contributed by atoms with Crippen LogP contribution in [-0.4, -0.2) is 22.5 Å². The summed E-state index contributed by atoms with van der Waals surface area (Å²) in [6, 6.07) is 15.4. The Kier molecular flexibility index (Phi) is 3.90. The van der Waals surface area contributed by atoms with Crippen LogP contribution in [0.3, 0.4) is 0 Å². The molecule has 0 unspecified atom stereocenters. The fraction of sp³-hybridized carbons (Fsp3) is 0.263. The Balaban J connectivity index is 2.00. The number of nitrogens with zero attached hydrogens (tertiary/aromatic N) is 2. The number of ether oxygens (including phenoxy) is 1. The number of amides is 1. The van der Waals surface area contributed by atoms with E-state index < -0.39 is 5.54 Å². The molecule has 0 spiro atoms. The summed E-state index contributed by atoms with van der Waals surface area (Å²) >= 11 is 0. The van der Waals surface area contributed by atoms with Crippen LogP contribution in [0.1, 0.15) is 32.0 Å². The highest BCUT2D eigenvalue weighted by Gasteiger charge is 2.39. The third kappa shape index (κ3) is 2.72. The van der Waals surface area contributed by atoms with Gasteiger partial charge in [-0.3, -0.25) is 14.7 Å². The van der Waals surface area contributed by atoms with Crippen molar-refractivity contribution in [3.63, 3.8) is 0 Å². The molecule has 0 bridgehead atoms. The SMILES string of the molecule is CC1=C(c2ccccc2)C(=O)N(C(C)(C)c2ccccn2)CO1. The summed E-state index contributed by atoms with van der Waals surface area (Å²) in [7, 11) is 0. The van der Waals surface area contributed by atoms with Gasteiger partial charge < -0.3 is 4.74 Å². The smallest absolute Gasteiger partial charge is 0.261 e.